The molecule has 1 amide bonds. The van der Waals surface area contributed by atoms with Crippen LogP contribution in [0.15, 0.2) is 36.5 Å². The number of unbranched alkanes of at least 4 members (excludes halogenated alkanes) is 16. The Kier molecular flexibility index (Phi) is 28.5. The van der Waals surface area contributed by atoms with Gasteiger partial charge in [0.2, 0.25) is 5.91 Å². The van der Waals surface area contributed by atoms with E-state index in [0.717, 1.165) is 44.9 Å². The second kappa shape index (κ2) is 29.6. The lowest BCUT2D eigenvalue weighted by molar-refractivity contribution is -0.131. The molecule has 0 aliphatic rings. The minimum atomic E-state index is -1.10. The van der Waals surface area contributed by atoms with Gasteiger partial charge in [0.15, 0.2) is 0 Å². The molecule has 39 heavy (non-hydrogen) atoms. The van der Waals surface area contributed by atoms with E-state index >= 15 is 0 Å². The highest BCUT2D eigenvalue weighted by Crippen LogP contribution is 2.13. The van der Waals surface area contributed by atoms with Crippen molar-refractivity contribution in [3.63, 3.8) is 0 Å². The predicted octanol–water partition coefficient (Wildman–Crippen LogP) is 8.09. The maximum Gasteiger partial charge on any atom is 0.249 e. The van der Waals surface area contributed by atoms with E-state index in [4.69, 9.17) is 0 Å². The number of aliphatic hydroxyl groups excluding tert-OH is 3. The van der Waals surface area contributed by atoms with Gasteiger partial charge in [0, 0.05) is 0 Å². The van der Waals surface area contributed by atoms with Crippen molar-refractivity contribution >= 4 is 5.91 Å². The third kappa shape index (κ3) is 25.3. The van der Waals surface area contributed by atoms with Gasteiger partial charge in [-0.15, -0.1) is 0 Å². The average Bonchev–Trinajstić information content (AvgIpc) is 2.94. The minimum Gasteiger partial charge on any atom is -0.394 e. The molecule has 0 heterocycles. The van der Waals surface area contributed by atoms with E-state index in [1.807, 2.05) is 6.08 Å². The lowest BCUT2D eigenvalue weighted by atomic mass is 10.0. The van der Waals surface area contributed by atoms with Crippen LogP contribution in [0.25, 0.3) is 0 Å². The molecule has 0 aromatic carbocycles. The molecule has 0 aromatic heterocycles. The standard InChI is InChI=1S/C34H63NO4/c1-3-5-7-9-11-13-15-17-19-21-23-25-27-29-33(38)34(39)35-31(30-36)32(37)28-26-24-22-20-18-16-14-12-10-8-6-4-2/h10,12,18,20,26,28,31-33,36-38H,3-9,11,13-17,19,21-25,27,29-30H2,1-2H3,(H,35,39)/b12-10+,20-18+,28-26+. The van der Waals surface area contributed by atoms with Gasteiger partial charge < -0.3 is 20.6 Å². The summed E-state index contributed by atoms with van der Waals surface area (Å²) in [5.74, 6) is -0.521. The van der Waals surface area contributed by atoms with E-state index in [1.54, 1.807) is 6.08 Å². The predicted molar refractivity (Wildman–Crippen MR) is 167 cm³/mol. The van der Waals surface area contributed by atoms with Gasteiger partial charge in [-0.2, -0.15) is 0 Å². The first kappa shape index (κ1) is 37.6. The summed E-state index contributed by atoms with van der Waals surface area (Å²) in [5, 5.41) is 32.7. The molecule has 0 aliphatic heterocycles. The summed E-state index contributed by atoms with van der Waals surface area (Å²) in [4.78, 5) is 12.3. The highest BCUT2D eigenvalue weighted by Gasteiger charge is 2.22. The van der Waals surface area contributed by atoms with Crippen molar-refractivity contribution in [3.05, 3.63) is 36.5 Å². The molecule has 3 atom stereocenters. The number of nitrogens with one attached hydrogen (secondary N) is 1. The molecule has 0 aliphatic carbocycles. The maximum absolute atomic E-state index is 12.3. The first-order chi connectivity index (χ1) is 19.1. The summed E-state index contributed by atoms with van der Waals surface area (Å²) in [5.41, 5.74) is 0. The van der Waals surface area contributed by atoms with E-state index in [1.165, 1.54) is 83.5 Å². The van der Waals surface area contributed by atoms with Gasteiger partial charge in [-0.05, 0) is 38.5 Å². The van der Waals surface area contributed by atoms with E-state index < -0.39 is 24.2 Å². The molecule has 0 fully saturated rings. The van der Waals surface area contributed by atoms with Crippen LogP contribution >= 0.6 is 0 Å². The molecule has 5 heteroatoms. The van der Waals surface area contributed by atoms with Crippen LogP contribution in [-0.2, 0) is 4.79 Å². The van der Waals surface area contributed by atoms with Crippen LogP contribution < -0.4 is 5.32 Å². The van der Waals surface area contributed by atoms with Gasteiger partial charge in [-0.25, -0.2) is 0 Å². The summed E-state index contributed by atoms with van der Waals surface area (Å²) in [6.07, 6.45) is 34.4. The summed E-state index contributed by atoms with van der Waals surface area (Å²) < 4.78 is 0. The van der Waals surface area contributed by atoms with Crippen LogP contribution in [0.5, 0.6) is 0 Å². The summed E-state index contributed by atoms with van der Waals surface area (Å²) in [6.45, 7) is 4.08. The van der Waals surface area contributed by atoms with Crippen LogP contribution in [0, 0.1) is 0 Å². The van der Waals surface area contributed by atoms with Gasteiger partial charge in [0.25, 0.3) is 0 Å². The molecular weight excluding hydrogens is 486 g/mol. The van der Waals surface area contributed by atoms with Gasteiger partial charge in [-0.3, -0.25) is 4.79 Å². The number of hydrogen-bond donors (Lipinski definition) is 4. The molecule has 5 nitrogen and oxygen atoms in total. The average molecular weight is 550 g/mol. The van der Waals surface area contributed by atoms with Crippen LogP contribution in [0.2, 0.25) is 0 Å². The number of carbonyl (C=O) groups excluding carboxylic acids is 1. The van der Waals surface area contributed by atoms with Crippen molar-refractivity contribution in [1.29, 1.82) is 0 Å². The number of hydrogen-bond acceptors (Lipinski definition) is 4. The number of rotatable bonds is 28. The molecule has 0 saturated carbocycles. The van der Waals surface area contributed by atoms with Crippen LogP contribution in [0.4, 0.5) is 0 Å². The topological polar surface area (TPSA) is 89.8 Å². The van der Waals surface area contributed by atoms with E-state index in [9.17, 15) is 20.1 Å². The lowest BCUT2D eigenvalue weighted by Gasteiger charge is -2.21. The zero-order chi connectivity index (χ0) is 28.8. The Bertz CT molecular complexity index is 616. The Balaban J connectivity index is 3.87. The Morgan fingerprint density at radius 2 is 1.05 bits per heavy atom. The van der Waals surface area contributed by atoms with Crippen molar-refractivity contribution in [2.45, 2.75) is 167 Å². The van der Waals surface area contributed by atoms with Gasteiger partial charge in [0.05, 0.1) is 18.8 Å². The van der Waals surface area contributed by atoms with Crippen LogP contribution in [0.3, 0.4) is 0 Å². The first-order valence-corrected chi connectivity index (χ1v) is 16.3. The first-order valence-electron chi connectivity index (χ1n) is 16.3. The molecule has 0 radical (unpaired) electrons. The lowest BCUT2D eigenvalue weighted by Crippen LogP contribution is -2.48. The molecule has 0 aromatic rings. The van der Waals surface area contributed by atoms with Crippen molar-refractivity contribution in [3.8, 4) is 0 Å². The monoisotopic (exact) mass is 549 g/mol. The molecule has 4 N–H and O–H groups in total. The van der Waals surface area contributed by atoms with Crippen LogP contribution in [-0.4, -0.2) is 46.1 Å². The zero-order valence-electron chi connectivity index (χ0n) is 25.5. The van der Waals surface area contributed by atoms with E-state index in [-0.39, 0.29) is 6.61 Å². The molecule has 0 rings (SSSR count). The summed E-state index contributed by atoms with van der Waals surface area (Å²) in [7, 11) is 0. The second-order valence-corrected chi connectivity index (χ2v) is 11.0. The van der Waals surface area contributed by atoms with Crippen LogP contribution in [0.1, 0.15) is 149 Å². The molecular formula is C34H63NO4. The third-order valence-corrected chi connectivity index (χ3v) is 7.21. The highest BCUT2D eigenvalue weighted by atomic mass is 16.3. The molecule has 0 spiro atoms. The second-order valence-electron chi connectivity index (χ2n) is 11.0. The Morgan fingerprint density at radius 1 is 0.615 bits per heavy atom. The Morgan fingerprint density at radius 3 is 1.54 bits per heavy atom. The van der Waals surface area contributed by atoms with Gasteiger partial charge in [-0.1, -0.05) is 147 Å². The number of amides is 1. The third-order valence-electron chi connectivity index (χ3n) is 7.21. The SMILES string of the molecule is CCCC/C=C/CC/C=C/CC/C=C/C(O)C(CO)NC(=O)C(O)CCCCCCCCCCCCCCC. The van der Waals surface area contributed by atoms with Crippen molar-refractivity contribution in [1.82, 2.24) is 5.32 Å². The Hall–Kier alpha value is -1.43. The highest BCUT2D eigenvalue weighted by molar-refractivity contribution is 5.80. The fourth-order valence-electron chi connectivity index (χ4n) is 4.55. The van der Waals surface area contributed by atoms with Crippen molar-refractivity contribution in [2.24, 2.45) is 0 Å². The van der Waals surface area contributed by atoms with Crippen molar-refractivity contribution in [2.75, 3.05) is 6.61 Å². The summed E-state index contributed by atoms with van der Waals surface area (Å²) >= 11 is 0. The van der Waals surface area contributed by atoms with E-state index in [0.29, 0.717) is 6.42 Å². The zero-order valence-corrected chi connectivity index (χ0v) is 25.5. The molecule has 228 valence electrons. The number of aliphatic hydroxyl groups is 3. The largest absolute Gasteiger partial charge is 0.394 e. The molecule has 0 saturated heterocycles. The fourth-order valence-corrected chi connectivity index (χ4v) is 4.55. The quantitative estimate of drug-likeness (QED) is 0.0586. The summed E-state index contributed by atoms with van der Waals surface area (Å²) in [6, 6.07) is -0.815. The number of allylic oxidation sites excluding steroid dienone is 5. The number of carbonyl (C=O) groups is 1. The van der Waals surface area contributed by atoms with Crippen molar-refractivity contribution < 1.29 is 20.1 Å². The normalized spacial score (nSPS) is 14.5. The molecule has 0 bridgehead atoms. The van der Waals surface area contributed by atoms with Gasteiger partial charge >= 0.3 is 0 Å². The maximum atomic E-state index is 12.3. The minimum absolute atomic E-state index is 0.381. The van der Waals surface area contributed by atoms with E-state index in [2.05, 4.69) is 43.5 Å². The molecule has 3 unspecified atom stereocenters. The van der Waals surface area contributed by atoms with Gasteiger partial charge in [0.1, 0.15) is 6.10 Å². The smallest absolute Gasteiger partial charge is 0.249 e. The Labute approximate surface area is 241 Å². The fraction of sp³-hybridized carbons (Fsp3) is 0.794.